The molecule has 5 nitrogen and oxygen atoms in total. The lowest BCUT2D eigenvalue weighted by Gasteiger charge is -2.23. The fourth-order valence-electron chi connectivity index (χ4n) is 2.83. The molecule has 0 saturated heterocycles. The van der Waals surface area contributed by atoms with Gasteiger partial charge in [-0.3, -0.25) is 0 Å². The van der Waals surface area contributed by atoms with Crippen LogP contribution >= 0.6 is 0 Å². The van der Waals surface area contributed by atoms with Gasteiger partial charge in [0.05, 0.1) is 13.2 Å². The van der Waals surface area contributed by atoms with Crippen molar-refractivity contribution >= 4 is 11.5 Å². The average Bonchev–Trinajstić information content (AvgIpc) is 2.73. The maximum atomic E-state index is 13.5. The van der Waals surface area contributed by atoms with E-state index in [4.69, 9.17) is 9.47 Å². The van der Waals surface area contributed by atoms with Crippen LogP contribution in [0.1, 0.15) is 57.9 Å². The van der Waals surface area contributed by atoms with E-state index in [1.165, 1.54) is 11.9 Å². The molecule has 0 bridgehead atoms. The molecule has 0 unspecified atom stereocenters. The molecule has 0 atom stereocenters. The van der Waals surface area contributed by atoms with Gasteiger partial charge in [0, 0.05) is 18.9 Å². The Morgan fingerprint density at radius 1 is 0.900 bits per heavy atom. The zero-order valence-corrected chi connectivity index (χ0v) is 17.8. The third-order valence-electron chi connectivity index (χ3n) is 4.59. The number of unbranched alkanes of at least 4 members (excludes halogenated alkanes) is 4. The van der Waals surface area contributed by atoms with Crippen LogP contribution in [0.4, 0.5) is 24.7 Å². The topological polar surface area (TPSA) is 47.5 Å². The van der Waals surface area contributed by atoms with Crippen molar-refractivity contribution in [3.05, 3.63) is 36.0 Å². The lowest BCUT2D eigenvalue weighted by molar-refractivity contribution is -0.137. The number of anilines is 2. The van der Waals surface area contributed by atoms with E-state index in [1.54, 1.807) is 24.3 Å². The van der Waals surface area contributed by atoms with Gasteiger partial charge in [-0.05, 0) is 37.1 Å². The number of hydrogen-bond acceptors (Lipinski definition) is 5. The summed E-state index contributed by atoms with van der Waals surface area (Å²) >= 11 is 0. The van der Waals surface area contributed by atoms with Crippen molar-refractivity contribution in [1.82, 2.24) is 9.97 Å². The molecular formula is C22H30F3N3O2. The smallest absolute Gasteiger partial charge is 0.421 e. The highest BCUT2D eigenvalue weighted by molar-refractivity contribution is 5.63. The number of hydrogen-bond donors (Lipinski definition) is 0. The van der Waals surface area contributed by atoms with E-state index in [-0.39, 0.29) is 11.8 Å². The van der Waals surface area contributed by atoms with Gasteiger partial charge in [0.15, 0.2) is 5.82 Å². The van der Waals surface area contributed by atoms with Crippen molar-refractivity contribution in [3.8, 4) is 11.8 Å². The molecule has 0 spiro atoms. The average molecular weight is 425 g/mol. The van der Waals surface area contributed by atoms with Crippen LogP contribution in [0, 0.1) is 0 Å². The largest absolute Gasteiger partial charge is 0.494 e. The Hall–Kier alpha value is -2.51. The maximum Gasteiger partial charge on any atom is 0.421 e. The molecule has 8 heteroatoms. The minimum atomic E-state index is -4.58. The second-order valence-corrected chi connectivity index (χ2v) is 7.05. The summed E-state index contributed by atoms with van der Waals surface area (Å²) in [6.07, 6.45) is 2.16. The first-order valence-corrected chi connectivity index (χ1v) is 10.4. The summed E-state index contributed by atoms with van der Waals surface area (Å²) in [6.45, 7) is 5.16. The Labute approximate surface area is 176 Å². The molecule has 0 radical (unpaired) electrons. The standard InChI is InChI=1S/C22H30F3N3O2/c1-4-6-8-14-29-18-12-10-17(11-13-18)28(3)20-19(22(23,24)25)16-26-21(27-20)30-15-9-7-5-2/h10-13,16H,4-9,14-15H2,1-3H3. The van der Waals surface area contributed by atoms with Crippen LogP contribution in [-0.2, 0) is 6.18 Å². The zero-order valence-electron chi connectivity index (χ0n) is 17.8. The van der Waals surface area contributed by atoms with E-state index in [2.05, 4.69) is 23.8 Å². The van der Waals surface area contributed by atoms with Crippen LogP contribution in [0.25, 0.3) is 0 Å². The summed E-state index contributed by atoms with van der Waals surface area (Å²) < 4.78 is 51.6. The lowest BCUT2D eigenvalue weighted by atomic mass is 10.2. The maximum absolute atomic E-state index is 13.5. The molecule has 30 heavy (non-hydrogen) atoms. The zero-order chi connectivity index (χ0) is 22.0. The summed E-state index contributed by atoms with van der Waals surface area (Å²) in [5.74, 6) is 0.432. The monoisotopic (exact) mass is 425 g/mol. The van der Waals surface area contributed by atoms with Gasteiger partial charge in [-0.15, -0.1) is 0 Å². The van der Waals surface area contributed by atoms with Crippen LogP contribution in [0.15, 0.2) is 30.5 Å². The van der Waals surface area contributed by atoms with E-state index in [1.807, 2.05) is 0 Å². The number of ether oxygens (including phenoxy) is 2. The van der Waals surface area contributed by atoms with Crippen LogP contribution < -0.4 is 14.4 Å². The molecule has 1 heterocycles. The first kappa shape index (κ1) is 23.8. The van der Waals surface area contributed by atoms with Crippen LogP contribution in [0.2, 0.25) is 0 Å². The van der Waals surface area contributed by atoms with E-state index < -0.39 is 11.7 Å². The van der Waals surface area contributed by atoms with Gasteiger partial charge in [-0.25, -0.2) is 4.98 Å². The molecule has 2 rings (SSSR count). The summed E-state index contributed by atoms with van der Waals surface area (Å²) in [6, 6.07) is 6.85. The summed E-state index contributed by atoms with van der Waals surface area (Å²) in [4.78, 5) is 9.17. The van der Waals surface area contributed by atoms with Crippen molar-refractivity contribution < 1.29 is 22.6 Å². The van der Waals surface area contributed by atoms with Gasteiger partial charge >= 0.3 is 12.2 Å². The lowest BCUT2D eigenvalue weighted by Crippen LogP contribution is -2.19. The minimum absolute atomic E-state index is 0.0585. The van der Waals surface area contributed by atoms with Crippen LogP contribution in [0.3, 0.4) is 0 Å². The predicted octanol–water partition coefficient (Wildman–Crippen LogP) is 6.40. The van der Waals surface area contributed by atoms with Crippen LogP contribution in [-0.4, -0.2) is 30.2 Å². The number of benzene rings is 1. The van der Waals surface area contributed by atoms with Gasteiger partial charge in [0.1, 0.15) is 11.3 Å². The number of alkyl halides is 3. The van der Waals surface area contributed by atoms with Crippen molar-refractivity contribution in [2.45, 2.75) is 58.5 Å². The summed E-state index contributed by atoms with van der Waals surface area (Å²) in [5.41, 5.74) is -0.358. The second kappa shape index (κ2) is 11.6. The SMILES string of the molecule is CCCCCOc1ccc(N(C)c2nc(OCCCCC)ncc2C(F)(F)F)cc1. The molecule has 0 aliphatic heterocycles. The van der Waals surface area contributed by atoms with Gasteiger partial charge < -0.3 is 14.4 Å². The van der Waals surface area contributed by atoms with Gasteiger partial charge in [0.2, 0.25) is 0 Å². The van der Waals surface area contributed by atoms with E-state index in [9.17, 15) is 13.2 Å². The third-order valence-corrected chi connectivity index (χ3v) is 4.59. The fraction of sp³-hybridized carbons (Fsp3) is 0.545. The van der Waals surface area contributed by atoms with Gasteiger partial charge in [0.25, 0.3) is 0 Å². The van der Waals surface area contributed by atoms with Crippen molar-refractivity contribution in [2.75, 3.05) is 25.2 Å². The quantitative estimate of drug-likeness (QED) is 0.368. The normalized spacial score (nSPS) is 11.4. The van der Waals surface area contributed by atoms with Crippen LogP contribution in [0.5, 0.6) is 11.8 Å². The molecule has 2 aromatic rings. The number of aromatic nitrogens is 2. The van der Waals surface area contributed by atoms with E-state index >= 15 is 0 Å². The first-order valence-electron chi connectivity index (χ1n) is 10.4. The number of halogens is 3. The van der Waals surface area contributed by atoms with Crippen molar-refractivity contribution in [2.24, 2.45) is 0 Å². The Bertz CT molecular complexity index is 767. The molecule has 1 aromatic carbocycles. The molecule has 166 valence electrons. The van der Waals surface area contributed by atoms with Crippen molar-refractivity contribution in [3.63, 3.8) is 0 Å². The minimum Gasteiger partial charge on any atom is -0.494 e. The fourth-order valence-corrected chi connectivity index (χ4v) is 2.83. The summed E-state index contributed by atoms with van der Waals surface area (Å²) in [5, 5.41) is 0. The Morgan fingerprint density at radius 3 is 2.07 bits per heavy atom. The van der Waals surface area contributed by atoms with Crippen molar-refractivity contribution in [1.29, 1.82) is 0 Å². The third kappa shape index (κ3) is 7.07. The molecule has 0 N–H and O–H groups in total. The Balaban J connectivity index is 2.17. The molecular weight excluding hydrogens is 395 g/mol. The Morgan fingerprint density at radius 2 is 1.50 bits per heavy atom. The number of nitrogens with zero attached hydrogens (tertiary/aromatic N) is 3. The first-order chi connectivity index (χ1) is 14.4. The number of rotatable bonds is 12. The molecule has 0 amide bonds. The molecule has 0 fully saturated rings. The predicted molar refractivity (Wildman–Crippen MR) is 112 cm³/mol. The molecule has 0 aliphatic carbocycles. The second-order valence-electron chi connectivity index (χ2n) is 7.05. The summed E-state index contributed by atoms with van der Waals surface area (Å²) in [7, 11) is 1.54. The van der Waals surface area contributed by atoms with Gasteiger partial charge in [-0.1, -0.05) is 39.5 Å². The highest BCUT2D eigenvalue weighted by atomic mass is 19.4. The highest BCUT2D eigenvalue weighted by Gasteiger charge is 2.36. The Kier molecular flexibility index (Phi) is 9.20. The molecule has 1 aromatic heterocycles. The van der Waals surface area contributed by atoms with Gasteiger partial charge in [-0.2, -0.15) is 18.2 Å². The van der Waals surface area contributed by atoms with E-state index in [0.29, 0.717) is 24.7 Å². The molecule has 0 saturated carbocycles. The highest BCUT2D eigenvalue weighted by Crippen LogP contribution is 2.38. The molecule has 0 aliphatic rings. The van der Waals surface area contributed by atoms with E-state index in [0.717, 1.165) is 44.7 Å².